The number of phenolic OH excluding ortho intramolecular Hbond substituents is 2. The molecule has 2 aromatic rings. The fourth-order valence-electron chi connectivity index (χ4n) is 2.11. The molecular formula is C21H32FNO3Y. The van der Waals surface area contributed by atoms with Crippen molar-refractivity contribution in [2.75, 3.05) is 14.1 Å². The molecule has 0 amide bonds. The Kier molecular flexibility index (Phi) is 17.9. The van der Waals surface area contributed by atoms with E-state index in [-0.39, 0.29) is 49.9 Å². The monoisotopic (exact) mass is 454 g/mol. The summed E-state index contributed by atoms with van der Waals surface area (Å²) in [6.45, 7) is 11.9. The van der Waals surface area contributed by atoms with E-state index < -0.39 is 11.6 Å². The van der Waals surface area contributed by atoms with Gasteiger partial charge < -0.3 is 15.4 Å². The molecule has 0 aliphatic rings. The first kappa shape index (κ1) is 30.5. The van der Waals surface area contributed by atoms with Gasteiger partial charge in [-0.1, -0.05) is 47.5 Å². The van der Waals surface area contributed by atoms with Crippen LogP contribution in [0.2, 0.25) is 0 Å². The summed E-state index contributed by atoms with van der Waals surface area (Å²) >= 11 is 0. The molecule has 2 aromatic carbocycles. The Bertz CT molecular complexity index is 723. The summed E-state index contributed by atoms with van der Waals surface area (Å²) in [5.41, 5.74) is 0.797. The fourth-order valence-corrected chi connectivity index (χ4v) is 2.11. The number of hydrogen-bond acceptors (Lipinski definition) is 4. The number of rotatable bonds is 1. The van der Waals surface area contributed by atoms with Gasteiger partial charge in [-0.05, 0) is 35.1 Å². The number of benzene rings is 2. The maximum Gasteiger partial charge on any atom is 0.181 e. The summed E-state index contributed by atoms with van der Waals surface area (Å²) in [6.07, 6.45) is 5.33. The van der Waals surface area contributed by atoms with Gasteiger partial charge in [0.25, 0.3) is 0 Å². The molecule has 6 heteroatoms. The molecule has 3 N–H and O–H groups in total. The summed E-state index contributed by atoms with van der Waals surface area (Å²) in [4.78, 5) is 0. The molecule has 0 fully saturated rings. The summed E-state index contributed by atoms with van der Waals surface area (Å²) in [5.74, 6) is 1.13. The molecular weight excluding hydrogens is 422 g/mol. The number of phenols is 2. The van der Waals surface area contributed by atoms with E-state index in [1.54, 1.807) is 20.2 Å². The number of aromatic hydroxyl groups is 2. The van der Waals surface area contributed by atoms with Crippen LogP contribution < -0.4 is 0 Å². The van der Waals surface area contributed by atoms with Crippen molar-refractivity contribution in [2.45, 2.75) is 47.5 Å². The third-order valence-corrected chi connectivity index (χ3v) is 2.94. The fraction of sp³-hybridized carbons (Fsp3) is 0.429. The quantitative estimate of drug-likeness (QED) is 0.394. The smallest absolute Gasteiger partial charge is 0.181 e. The maximum absolute atomic E-state index is 13.8. The molecule has 0 saturated carbocycles. The molecule has 4 nitrogen and oxygen atoms in total. The molecule has 0 aliphatic heterocycles. The van der Waals surface area contributed by atoms with Crippen molar-refractivity contribution >= 4 is 10.8 Å². The number of halogens is 1. The van der Waals surface area contributed by atoms with Crippen molar-refractivity contribution < 1.29 is 52.5 Å². The Hall–Kier alpha value is -1.19. The zero-order valence-corrected chi connectivity index (χ0v) is 20.5. The Morgan fingerprint density at radius 3 is 1.85 bits per heavy atom. The predicted molar refractivity (Wildman–Crippen MR) is 107 cm³/mol. The SMILES string of the molecule is C#Cc1c(F)c(O)cc2cc(O)cc(C(C)C)c12.CC.CC.CN(C)O.[Y]. The van der Waals surface area contributed by atoms with Crippen LogP contribution in [0.4, 0.5) is 4.39 Å². The van der Waals surface area contributed by atoms with Crippen LogP contribution in [0.1, 0.15) is 58.6 Å². The van der Waals surface area contributed by atoms with Crippen molar-refractivity contribution in [1.82, 2.24) is 5.06 Å². The zero-order valence-electron chi connectivity index (χ0n) is 17.6. The van der Waals surface area contributed by atoms with Gasteiger partial charge in [0.2, 0.25) is 0 Å². The van der Waals surface area contributed by atoms with Gasteiger partial charge in [0.1, 0.15) is 5.75 Å². The molecule has 0 atom stereocenters. The molecule has 0 heterocycles. The molecule has 27 heavy (non-hydrogen) atoms. The Morgan fingerprint density at radius 1 is 1.04 bits per heavy atom. The van der Waals surface area contributed by atoms with E-state index in [0.29, 0.717) is 10.8 Å². The van der Waals surface area contributed by atoms with E-state index in [0.717, 1.165) is 10.6 Å². The van der Waals surface area contributed by atoms with Crippen LogP contribution in [-0.2, 0) is 32.7 Å². The molecule has 0 spiro atoms. The second-order valence-electron chi connectivity index (χ2n) is 5.36. The topological polar surface area (TPSA) is 63.9 Å². The van der Waals surface area contributed by atoms with Gasteiger partial charge in [0.15, 0.2) is 11.6 Å². The van der Waals surface area contributed by atoms with E-state index >= 15 is 0 Å². The first-order chi connectivity index (χ1) is 12.2. The third-order valence-electron chi connectivity index (χ3n) is 2.94. The van der Waals surface area contributed by atoms with Crippen LogP contribution in [0, 0.1) is 18.2 Å². The Balaban J connectivity index is -0.000000557. The maximum atomic E-state index is 13.8. The molecule has 0 bridgehead atoms. The van der Waals surface area contributed by atoms with Crippen LogP contribution in [0.5, 0.6) is 11.5 Å². The molecule has 0 unspecified atom stereocenters. The largest absolute Gasteiger partial charge is 0.508 e. The average Bonchev–Trinajstić information content (AvgIpc) is 2.58. The molecule has 2 rings (SSSR count). The Labute approximate surface area is 188 Å². The van der Waals surface area contributed by atoms with E-state index in [4.69, 9.17) is 11.6 Å². The minimum Gasteiger partial charge on any atom is -0.508 e. The van der Waals surface area contributed by atoms with Crippen LogP contribution in [-0.4, -0.2) is 34.6 Å². The van der Waals surface area contributed by atoms with E-state index in [1.165, 1.54) is 12.1 Å². The van der Waals surface area contributed by atoms with Crippen LogP contribution >= 0.6 is 0 Å². The number of nitrogens with zero attached hydrogens (tertiary/aromatic N) is 1. The van der Waals surface area contributed by atoms with Gasteiger partial charge >= 0.3 is 0 Å². The van der Waals surface area contributed by atoms with Crippen LogP contribution in [0.25, 0.3) is 10.8 Å². The number of hydroxylamine groups is 2. The van der Waals surface area contributed by atoms with Crippen molar-refractivity contribution in [3.05, 3.63) is 35.1 Å². The van der Waals surface area contributed by atoms with Gasteiger partial charge in [-0.25, -0.2) is 4.39 Å². The summed E-state index contributed by atoms with van der Waals surface area (Å²) < 4.78 is 13.8. The van der Waals surface area contributed by atoms with Gasteiger partial charge in [-0.2, -0.15) is 5.06 Å². The first-order valence-corrected chi connectivity index (χ1v) is 8.69. The van der Waals surface area contributed by atoms with E-state index in [9.17, 15) is 14.6 Å². The average molecular weight is 454 g/mol. The zero-order chi connectivity index (χ0) is 21.0. The van der Waals surface area contributed by atoms with Gasteiger partial charge in [0.05, 0.1) is 5.56 Å². The predicted octanol–water partition coefficient (Wildman–Crippen LogP) is 5.48. The number of hydrogen-bond donors (Lipinski definition) is 3. The molecule has 0 saturated heterocycles. The van der Waals surface area contributed by atoms with Crippen molar-refractivity contribution in [3.63, 3.8) is 0 Å². The molecule has 0 aromatic heterocycles. The standard InChI is InChI=1S/C15H13FO2.C2H7NO.2C2H6.Y/c1-4-11-14-9(6-13(18)15(11)16)5-10(17)7-12(14)8(2)3;1-3(2)4;2*1-2;/h1,5-8,17-18H,2-3H3;4H,1-2H3;2*1-2H3;. The second-order valence-corrected chi connectivity index (χ2v) is 5.36. The minimum atomic E-state index is -0.794. The third kappa shape index (κ3) is 9.53. The minimum absolute atomic E-state index is 0. The van der Waals surface area contributed by atoms with Crippen molar-refractivity contribution in [2.24, 2.45) is 0 Å². The van der Waals surface area contributed by atoms with E-state index in [1.807, 2.05) is 41.5 Å². The summed E-state index contributed by atoms with van der Waals surface area (Å²) in [7, 11) is 3.11. The van der Waals surface area contributed by atoms with Crippen LogP contribution in [0.15, 0.2) is 18.2 Å². The van der Waals surface area contributed by atoms with E-state index in [2.05, 4.69) is 5.92 Å². The van der Waals surface area contributed by atoms with Crippen LogP contribution in [0.3, 0.4) is 0 Å². The molecule has 0 aliphatic carbocycles. The first-order valence-electron chi connectivity index (χ1n) is 8.69. The van der Waals surface area contributed by atoms with Gasteiger partial charge in [0, 0.05) is 52.2 Å². The van der Waals surface area contributed by atoms with Crippen molar-refractivity contribution in [3.8, 4) is 23.8 Å². The number of terminal acetylenes is 1. The summed E-state index contributed by atoms with van der Waals surface area (Å²) in [6, 6.07) is 4.31. The normalized spacial score (nSPS) is 9.00. The second kappa shape index (κ2) is 15.8. The van der Waals surface area contributed by atoms with Gasteiger partial charge in [-0.3, -0.25) is 0 Å². The number of fused-ring (bicyclic) bond motifs is 1. The van der Waals surface area contributed by atoms with Gasteiger partial charge in [-0.15, -0.1) is 6.42 Å². The summed E-state index contributed by atoms with van der Waals surface area (Å²) in [5, 5.41) is 29.1. The molecule has 149 valence electrons. The molecule has 1 radical (unpaired) electrons. The Morgan fingerprint density at radius 2 is 1.48 bits per heavy atom. The van der Waals surface area contributed by atoms with Crippen molar-refractivity contribution in [1.29, 1.82) is 0 Å².